The second-order valence-corrected chi connectivity index (χ2v) is 6.74. The molecule has 2 heterocycles. The summed E-state index contributed by atoms with van der Waals surface area (Å²) in [5.74, 6) is 1.54. The van der Waals surface area contributed by atoms with E-state index in [0.29, 0.717) is 28.1 Å². The molecule has 0 N–H and O–H groups in total. The molecular formula is C20H18ClN3O2. The molecule has 0 fully saturated rings. The first-order valence-electron chi connectivity index (χ1n) is 8.55. The molecule has 1 aliphatic rings. The average Bonchev–Trinajstić information content (AvgIpc) is 3.12. The largest absolute Gasteiger partial charge is 0.489 e. The Morgan fingerprint density at radius 1 is 1.12 bits per heavy atom. The molecule has 1 aliphatic heterocycles. The quantitative estimate of drug-likeness (QED) is 0.663. The summed E-state index contributed by atoms with van der Waals surface area (Å²) in [6.07, 6.45) is 2.78. The number of fused-ring (bicyclic) bond motifs is 1. The van der Waals surface area contributed by atoms with Gasteiger partial charge in [-0.15, -0.1) is 0 Å². The van der Waals surface area contributed by atoms with Crippen molar-refractivity contribution in [3.63, 3.8) is 0 Å². The van der Waals surface area contributed by atoms with Crippen molar-refractivity contribution in [3.8, 4) is 28.6 Å². The number of ether oxygens (including phenoxy) is 1. The lowest BCUT2D eigenvalue weighted by Gasteiger charge is -2.12. The van der Waals surface area contributed by atoms with Gasteiger partial charge in [0.2, 0.25) is 5.82 Å². The van der Waals surface area contributed by atoms with E-state index in [9.17, 15) is 0 Å². The monoisotopic (exact) mass is 367 g/mol. The third-order valence-corrected chi connectivity index (χ3v) is 4.55. The van der Waals surface area contributed by atoms with E-state index in [1.807, 2.05) is 56.5 Å². The lowest BCUT2D eigenvalue weighted by atomic mass is 9.97. The Labute approximate surface area is 156 Å². The predicted octanol–water partition coefficient (Wildman–Crippen LogP) is 4.82. The number of hydrogen-bond acceptors (Lipinski definition) is 5. The minimum absolute atomic E-state index is 0.0288. The van der Waals surface area contributed by atoms with Crippen molar-refractivity contribution in [2.75, 3.05) is 6.54 Å². The molecule has 1 aromatic heterocycles. The Kier molecular flexibility index (Phi) is 4.47. The molecule has 0 radical (unpaired) electrons. The molecule has 3 aromatic rings. The molecule has 5 nitrogen and oxygen atoms in total. The van der Waals surface area contributed by atoms with Gasteiger partial charge in [0.1, 0.15) is 5.75 Å². The van der Waals surface area contributed by atoms with E-state index in [4.69, 9.17) is 20.9 Å². The van der Waals surface area contributed by atoms with Gasteiger partial charge >= 0.3 is 0 Å². The van der Waals surface area contributed by atoms with Crippen molar-refractivity contribution in [3.05, 3.63) is 52.5 Å². The molecule has 0 aliphatic carbocycles. The molecule has 0 saturated heterocycles. The molecule has 0 spiro atoms. The molecule has 6 heteroatoms. The SMILES string of the molecule is CC(C)Oc1cccc(-c2noc(-c3cccc4c3CCN=C4)n2)c1Cl. The summed E-state index contributed by atoms with van der Waals surface area (Å²) in [6.45, 7) is 4.68. The first-order chi connectivity index (χ1) is 12.6. The van der Waals surface area contributed by atoms with Gasteiger partial charge in [-0.05, 0) is 49.6 Å². The Balaban J connectivity index is 1.73. The fraction of sp³-hybridized carbons (Fsp3) is 0.250. The number of benzene rings is 2. The fourth-order valence-electron chi connectivity index (χ4n) is 3.01. The maximum atomic E-state index is 6.49. The smallest absolute Gasteiger partial charge is 0.258 e. The third-order valence-electron chi connectivity index (χ3n) is 4.16. The maximum absolute atomic E-state index is 6.49. The van der Waals surface area contributed by atoms with E-state index in [-0.39, 0.29) is 6.10 Å². The predicted molar refractivity (Wildman–Crippen MR) is 102 cm³/mol. The Morgan fingerprint density at radius 3 is 2.77 bits per heavy atom. The lowest BCUT2D eigenvalue weighted by Crippen LogP contribution is -2.06. The molecule has 4 rings (SSSR count). The Morgan fingerprint density at radius 2 is 1.92 bits per heavy atom. The summed E-state index contributed by atoms with van der Waals surface area (Å²) >= 11 is 6.49. The van der Waals surface area contributed by atoms with E-state index >= 15 is 0 Å². The van der Waals surface area contributed by atoms with Crippen molar-refractivity contribution in [1.29, 1.82) is 0 Å². The second kappa shape index (κ2) is 6.92. The van der Waals surface area contributed by atoms with Gasteiger partial charge in [-0.25, -0.2) is 0 Å². The van der Waals surface area contributed by atoms with E-state index in [1.54, 1.807) is 0 Å². The minimum Gasteiger partial charge on any atom is -0.489 e. The topological polar surface area (TPSA) is 60.5 Å². The lowest BCUT2D eigenvalue weighted by molar-refractivity contribution is 0.242. The first kappa shape index (κ1) is 16.8. The number of rotatable bonds is 4. The molecule has 2 aromatic carbocycles. The van der Waals surface area contributed by atoms with Crippen LogP contribution < -0.4 is 4.74 Å². The summed E-state index contributed by atoms with van der Waals surface area (Å²) in [4.78, 5) is 8.91. The van der Waals surface area contributed by atoms with Gasteiger partial charge in [-0.1, -0.05) is 35.0 Å². The Bertz CT molecular complexity index is 979. The number of hydrogen-bond donors (Lipinski definition) is 0. The highest BCUT2D eigenvalue weighted by Gasteiger charge is 2.19. The minimum atomic E-state index is 0.0288. The van der Waals surface area contributed by atoms with Crippen LogP contribution in [-0.2, 0) is 6.42 Å². The molecule has 0 atom stereocenters. The van der Waals surface area contributed by atoms with E-state index < -0.39 is 0 Å². The zero-order valence-corrected chi connectivity index (χ0v) is 15.3. The average molecular weight is 368 g/mol. The van der Waals surface area contributed by atoms with Crippen LogP contribution in [0.5, 0.6) is 5.75 Å². The van der Waals surface area contributed by atoms with Crippen LogP contribution in [0.2, 0.25) is 5.02 Å². The van der Waals surface area contributed by atoms with Crippen molar-refractivity contribution in [1.82, 2.24) is 10.1 Å². The van der Waals surface area contributed by atoms with Crippen LogP contribution in [0.15, 0.2) is 45.9 Å². The highest BCUT2D eigenvalue weighted by atomic mass is 35.5. The van der Waals surface area contributed by atoms with Crippen LogP contribution >= 0.6 is 11.6 Å². The number of nitrogens with zero attached hydrogens (tertiary/aromatic N) is 3. The van der Waals surface area contributed by atoms with Gasteiger partial charge in [-0.2, -0.15) is 4.98 Å². The van der Waals surface area contributed by atoms with Crippen molar-refractivity contribution < 1.29 is 9.26 Å². The summed E-state index contributed by atoms with van der Waals surface area (Å²) in [6, 6.07) is 11.6. The highest BCUT2D eigenvalue weighted by molar-refractivity contribution is 6.34. The van der Waals surface area contributed by atoms with Gasteiger partial charge in [0, 0.05) is 23.9 Å². The van der Waals surface area contributed by atoms with E-state index in [2.05, 4.69) is 15.1 Å². The van der Waals surface area contributed by atoms with Crippen LogP contribution in [0.25, 0.3) is 22.8 Å². The molecule has 26 heavy (non-hydrogen) atoms. The second-order valence-electron chi connectivity index (χ2n) is 6.37. The molecule has 0 amide bonds. The third kappa shape index (κ3) is 3.10. The summed E-state index contributed by atoms with van der Waals surface area (Å²) in [5, 5.41) is 4.62. The summed E-state index contributed by atoms with van der Waals surface area (Å²) in [5.41, 5.74) is 3.91. The van der Waals surface area contributed by atoms with Crippen molar-refractivity contribution in [2.45, 2.75) is 26.4 Å². The number of aromatic nitrogens is 2. The molecular weight excluding hydrogens is 350 g/mol. The fourth-order valence-corrected chi connectivity index (χ4v) is 3.27. The molecule has 0 unspecified atom stereocenters. The van der Waals surface area contributed by atoms with Crippen LogP contribution in [-0.4, -0.2) is 29.0 Å². The molecule has 0 bridgehead atoms. The Hall–Kier alpha value is -2.66. The number of aliphatic imine (C=N–C) groups is 1. The molecule has 0 saturated carbocycles. The highest BCUT2D eigenvalue weighted by Crippen LogP contribution is 2.36. The van der Waals surface area contributed by atoms with E-state index in [0.717, 1.165) is 24.1 Å². The first-order valence-corrected chi connectivity index (χ1v) is 8.92. The van der Waals surface area contributed by atoms with Gasteiger partial charge in [0.05, 0.1) is 11.1 Å². The standard InChI is InChI=1S/C20H18ClN3O2/c1-12(2)25-17-8-4-7-16(18(17)21)19-23-20(26-24-19)15-6-3-5-13-11-22-10-9-14(13)15/h3-8,11-12H,9-10H2,1-2H3. The summed E-state index contributed by atoms with van der Waals surface area (Å²) in [7, 11) is 0. The normalized spacial score (nSPS) is 13.1. The molecule has 132 valence electrons. The van der Waals surface area contributed by atoms with Gasteiger partial charge in [0.15, 0.2) is 0 Å². The van der Waals surface area contributed by atoms with Gasteiger partial charge in [0.25, 0.3) is 5.89 Å². The summed E-state index contributed by atoms with van der Waals surface area (Å²) < 4.78 is 11.3. The number of halogens is 1. The van der Waals surface area contributed by atoms with Gasteiger partial charge in [-0.3, -0.25) is 4.99 Å². The van der Waals surface area contributed by atoms with Crippen LogP contribution in [0.4, 0.5) is 0 Å². The zero-order valence-electron chi connectivity index (χ0n) is 14.6. The van der Waals surface area contributed by atoms with Crippen molar-refractivity contribution in [2.24, 2.45) is 4.99 Å². The van der Waals surface area contributed by atoms with Crippen LogP contribution in [0.3, 0.4) is 0 Å². The van der Waals surface area contributed by atoms with Crippen molar-refractivity contribution >= 4 is 17.8 Å². The maximum Gasteiger partial charge on any atom is 0.258 e. The van der Waals surface area contributed by atoms with Crippen LogP contribution in [0.1, 0.15) is 25.0 Å². The van der Waals surface area contributed by atoms with E-state index in [1.165, 1.54) is 5.56 Å². The van der Waals surface area contributed by atoms with Crippen LogP contribution in [0, 0.1) is 0 Å². The van der Waals surface area contributed by atoms with Gasteiger partial charge < -0.3 is 9.26 Å². The zero-order chi connectivity index (χ0) is 18.1.